The molecular formula is C16H19F3O5. The van der Waals surface area contributed by atoms with Gasteiger partial charge in [-0.05, 0) is 30.5 Å². The molecule has 5 nitrogen and oxygen atoms in total. The Morgan fingerprint density at radius 1 is 1.00 bits per heavy atom. The van der Waals surface area contributed by atoms with Crippen LogP contribution < -0.4 is 4.74 Å². The van der Waals surface area contributed by atoms with Crippen LogP contribution in [-0.4, -0.2) is 24.9 Å². The molecule has 24 heavy (non-hydrogen) atoms. The predicted octanol–water partition coefficient (Wildman–Crippen LogP) is 3.75. The van der Waals surface area contributed by atoms with Crippen LogP contribution in [0.2, 0.25) is 0 Å². The summed E-state index contributed by atoms with van der Waals surface area (Å²) in [6.07, 6.45) is -3.48. The molecule has 1 aromatic carbocycles. The number of hydrogen-bond acceptors (Lipinski definition) is 5. The quantitative estimate of drug-likeness (QED) is 0.636. The van der Waals surface area contributed by atoms with Crippen molar-refractivity contribution in [2.75, 3.05) is 6.61 Å². The largest absolute Gasteiger partial charge is 0.573 e. The molecule has 0 bridgehead atoms. The molecule has 0 aliphatic heterocycles. The van der Waals surface area contributed by atoms with Crippen LogP contribution in [0.1, 0.15) is 38.2 Å². The van der Waals surface area contributed by atoms with Gasteiger partial charge in [0.2, 0.25) is 0 Å². The van der Waals surface area contributed by atoms with Crippen molar-refractivity contribution < 1.29 is 37.0 Å². The minimum Gasteiger partial charge on any atom is -0.466 e. The number of rotatable bonds is 9. The number of ether oxygens (including phenoxy) is 3. The number of hydrogen-bond donors (Lipinski definition) is 0. The highest BCUT2D eigenvalue weighted by Crippen LogP contribution is 2.22. The zero-order valence-electron chi connectivity index (χ0n) is 13.2. The van der Waals surface area contributed by atoms with E-state index in [1.807, 2.05) is 6.92 Å². The van der Waals surface area contributed by atoms with Crippen LogP contribution in [0, 0.1) is 0 Å². The molecule has 0 fully saturated rings. The fourth-order valence-corrected chi connectivity index (χ4v) is 1.69. The van der Waals surface area contributed by atoms with Crippen molar-refractivity contribution >= 4 is 11.9 Å². The summed E-state index contributed by atoms with van der Waals surface area (Å²) in [6.45, 7) is 2.18. The maximum absolute atomic E-state index is 12.0. The van der Waals surface area contributed by atoms with E-state index in [4.69, 9.17) is 9.47 Å². The fourth-order valence-electron chi connectivity index (χ4n) is 1.69. The molecule has 0 atom stereocenters. The van der Waals surface area contributed by atoms with Gasteiger partial charge in [0, 0.05) is 12.8 Å². The molecule has 0 N–H and O–H groups in total. The van der Waals surface area contributed by atoms with Gasteiger partial charge in [-0.2, -0.15) is 0 Å². The average Bonchev–Trinajstić information content (AvgIpc) is 2.51. The van der Waals surface area contributed by atoms with Gasteiger partial charge in [0.1, 0.15) is 12.4 Å². The number of esters is 2. The summed E-state index contributed by atoms with van der Waals surface area (Å²) < 4.78 is 49.6. The van der Waals surface area contributed by atoms with Gasteiger partial charge in [-0.3, -0.25) is 9.59 Å². The molecule has 0 aromatic heterocycles. The first-order valence-electron chi connectivity index (χ1n) is 7.46. The van der Waals surface area contributed by atoms with Crippen LogP contribution >= 0.6 is 0 Å². The van der Waals surface area contributed by atoms with E-state index < -0.39 is 12.3 Å². The Balaban J connectivity index is 2.25. The summed E-state index contributed by atoms with van der Waals surface area (Å²) in [5, 5.41) is 0. The maximum Gasteiger partial charge on any atom is 0.573 e. The van der Waals surface area contributed by atoms with Crippen molar-refractivity contribution in [2.24, 2.45) is 0 Å². The molecule has 8 heteroatoms. The summed E-state index contributed by atoms with van der Waals surface area (Å²) in [4.78, 5) is 22.7. The van der Waals surface area contributed by atoms with Gasteiger partial charge in [-0.25, -0.2) is 0 Å². The molecule has 0 radical (unpaired) electrons. The molecule has 0 spiro atoms. The van der Waals surface area contributed by atoms with Gasteiger partial charge in [0.05, 0.1) is 6.61 Å². The normalized spacial score (nSPS) is 11.0. The van der Waals surface area contributed by atoms with E-state index in [0.29, 0.717) is 18.6 Å². The van der Waals surface area contributed by atoms with Gasteiger partial charge < -0.3 is 14.2 Å². The predicted molar refractivity (Wildman–Crippen MR) is 78.0 cm³/mol. The summed E-state index contributed by atoms with van der Waals surface area (Å²) in [5.74, 6) is -1.19. The Kier molecular flexibility index (Phi) is 8.08. The Bertz CT molecular complexity index is 526. The van der Waals surface area contributed by atoms with E-state index in [2.05, 4.69) is 4.74 Å². The zero-order valence-corrected chi connectivity index (χ0v) is 13.2. The lowest BCUT2D eigenvalue weighted by Gasteiger charge is -2.09. The standard InChI is InChI=1S/C16H19F3O5/c1-2-10-22-14(20)4-3-5-15(21)23-11-12-6-8-13(9-7-12)24-16(17,18)19/h6-9H,2-5,10-11H2,1H3. The van der Waals surface area contributed by atoms with Gasteiger partial charge in [-0.1, -0.05) is 19.1 Å². The second kappa shape index (κ2) is 9.79. The van der Waals surface area contributed by atoms with Crippen LogP contribution in [-0.2, 0) is 25.7 Å². The highest BCUT2D eigenvalue weighted by Gasteiger charge is 2.30. The van der Waals surface area contributed by atoms with Crippen LogP contribution in [0.25, 0.3) is 0 Å². The van der Waals surface area contributed by atoms with Crippen LogP contribution in [0.15, 0.2) is 24.3 Å². The van der Waals surface area contributed by atoms with Crippen molar-refractivity contribution in [1.29, 1.82) is 0 Å². The smallest absolute Gasteiger partial charge is 0.466 e. The molecular weight excluding hydrogens is 329 g/mol. The highest BCUT2D eigenvalue weighted by atomic mass is 19.4. The third-order valence-corrected chi connectivity index (χ3v) is 2.79. The molecule has 1 rings (SSSR count). The first-order chi connectivity index (χ1) is 11.3. The summed E-state index contributed by atoms with van der Waals surface area (Å²) in [5.41, 5.74) is 0.528. The fraction of sp³-hybridized carbons (Fsp3) is 0.500. The highest BCUT2D eigenvalue weighted by molar-refractivity contribution is 5.72. The molecule has 0 unspecified atom stereocenters. The first kappa shape index (κ1) is 19.8. The van der Waals surface area contributed by atoms with Gasteiger partial charge in [-0.15, -0.1) is 13.2 Å². The summed E-state index contributed by atoms with van der Waals surface area (Å²) in [6, 6.07) is 5.02. The molecule has 0 saturated carbocycles. The minimum atomic E-state index is -4.74. The SMILES string of the molecule is CCCOC(=O)CCCC(=O)OCc1ccc(OC(F)(F)F)cc1. The van der Waals surface area contributed by atoms with Crippen molar-refractivity contribution in [1.82, 2.24) is 0 Å². The second-order valence-electron chi connectivity index (χ2n) is 4.93. The van der Waals surface area contributed by atoms with Crippen molar-refractivity contribution in [3.8, 4) is 5.75 Å². The molecule has 0 amide bonds. The Hall–Kier alpha value is -2.25. The van der Waals surface area contributed by atoms with Crippen molar-refractivity contribution in [2.45, 2.75) is 45.6 Å². The number of carbonyl (C=O) groups excluding carboxylic acids is 2. The summed E-state index contributed by atoms with van der Waals surface area (Å²) >= 11 is 0. The van der Waals surface area contributed by atoms with Gasteiger partial charge in [0.25, 0.3) is 0 Å². The Morgan fingerprint density at radius 3 is 2.12 bits per heavy atom. The molecule has 0 heterocycles. The second-order valence-corrected chi connectivity index (χ2v) is 4.93. The van der Waals surface area contributed by atoms with Crippen molar-refractivity contribution in [3.05, 3.63) is 29.8 Å². The summed E-state index contributed by atoms with van der Waals surface area (Å²) in [7, 11) is 0. The lowest BCUT2D eigenvalue weighted by Crippen LogP contribution is -2.17. The third-order valence-electron chi connectivity index (χ3n) is 2.79. The Morgan fingerprint density at radius 2 is 1.58 bits per heavy atom. The minimum absolute atomic E-state index is 0.0641. The van der Waals surface area contributed by atoms with E-state index in [0.717, 1.165) is 18.6 Å². The third kappa shape index (κ3) is 9.02. The molecule has 134 valence electrons. The molecule has 0 aliphatic rings. The van der Waals surface area contributed by atoms with Crippen LogP contribution in [0.3, 0.4) is 0 Å². The topological polar surface area (TPSA) is 61.8 Å². The number of carbonyl (C=O) groups is 2. The number of halogens is 3. The average molecular weight is 348 g/mol. The van der Waals surface area contributed by atoms with Gasteiger partial charge in [0.15, 0.2) is 0 Å². The van der Waals surface area contributed by atoms with Crippen molar-refractivity contribution in [3.63, 3.8) is 0 Å². The number of alkyl halides is 3. The first-order valence-corrected chi connectivity index (χ1v) is 7.46. The lowest BCUT2D eigenvalue weighted by molar-refractivity contribution is -0.274. The van der Waals surface area contributed by atoms with E-state index in [1.165, 1.54) is 12.1 Å². The van der Waals surface area contributed by atoms with E-state index in [9.17, 15) is 22.8 Å². The van der Waals surface area contributed by atoms with Crippen LogP contribution in [0.5, 0.6) is 5.75 Å². The maximum atomic E-state index is 12.0. The molecule has 0 saturated heterocycles. The lowest BCUT2D eigenvalue weighted by atomic mass is 10.2. The molecule has 0 aliphatic carbocycles. The Labute approximate surface area is 137 Å². The van der Waals surface area contributed by atoms with E-state index in [-0.39, 0.29) is 31.2 Å². The van der Waals surface area contributed by atoms with Gasteiger partial charge >= 0.3 is 18.3 Å². The zero-order chi connectivity index (χ0) is 18.0. The molecule has 1 aromatic rings. The monoisotopic (exact) mass is 348 g/mol. The van der Waals surface area contributed by atoms with Crippen LogP contribution in [0.4, 0.5) is 13.2 Å². The van der Waals surface area contributed by atoms with E-state index in [1.54, 1.807) is 0 Å². The number of benzene rings is 1. The van der Waals surface area contributed by atoms with E-state index >= 15 is 0 Å².